The summed E-state index contributed by atoms with van der Waals surface area (Å²) in [6.07, 6.45) is 1.90. The van der Waals surface area contributed by atoms with E-state index in [-0.39, 0.29) is 12.1 Å². The fourth-order valence-electron chi connectivity index (χ4n) is 2.21. The van der Waals surface area contributed by atoms with Crippen LogP contribution in [0.3, 0.4) is 0 Å². The van der Waals surface area contributed by atoms with Crippen LogP contribution in [0.5, 0.6) is 0 Å². The fourth-order valence-corrected chi connectivity index (χ4v) is 2.21. The third kappa shape index (κ3) is 4.80. The Morgan fingerprint density at radius 1 is 1.22 bits per heavy atom. The van der Waals surface area contributed by atoms with Gasteiger partial charge in [0.2, 0.25) is 0 Å². The summed E-state index contributed by atoms with van der Waals surface area (Å²) in [6, 6.07) is 0.108. The number of rotatable bonds is 5. The van der Waals surface area contributed by atoms with Crippen LogP contribution in [0.25, 0.3) is 0 Å². The van der Waals surface area contributed by atoms with Crippen molar-refractivity contribution >= 4 is 6.03 Å². The molecule has 1 atom stereocenters. The van der Waals surface area contributed by atoms with Gasteiger partial charge in [-0.1, -0.05) is 0 Å². The zero-order chi connectivity index (χ0) is 12.6. The molecule has 0 saturated carbocycles. The predicted octanol–water partition coefficient (Wildman–Crippen LogP) is -0.203. The van der Waals surface area contributed by atoms with Crippen molar-refractivity contribution in [3.63, 3.8) is 0 Å². The lowest BCUT2D eigenvalue weighted by Crippen LogP contribution is -2.43. The van der Waals surface area contributed by atoms with E-state index in [2.05, 4.69) is 15.5 Å². The molecule has 0 aromatic carbocycles. The second-order valence-electron chi connectivity index (χ2n) is 4.77. The quantitative estimate of drug-likeness (QED) is 0.669. The van der Waals surface area contributed by atoms with Crippen molar-refractivity contribution in [2.24, 2.45) is 0 Å². The van der Waals surface area contributed by atoms with Crippen LogP contribution >= 0.6 is 0 Å². The van der Waals surface area contributed by atoms with Crippen molar-refractivity contribution in [2.45, 2.75) is 18.9 Å². The second-order valence-corrected chi connectivity index (χ2v) is 4.77. The Morgan fingerprint density at radius 3 is 2.78 bits per heavy atom. The highest BCUT2D eigenvalue weighted by Gasteiger charge is 2.17. The number of carbonyl (C=O) groups excluding carboxylic acids is 1. The Morgan fingerprint density at radius 2 is 2.06 bits per heavy atom. The average molecular weight is 257 g/mol. The van der Waals surface area contributed by atoms with E-state index in [1.54, 1.807) is 0 Å². The molecule has 2 aliphatic heterocycles. The van der Waals surface area contributed by atoms with Gasteiger partial charge in [-0.3, -0.25) is 4.90 Å². The zero-order valence-corrected chi connectivity index (χ0v) is 10.8. The first kappa shape index (κ1) is 13.6. The molecule has 0 aromatic rings. The number of amides is 2. The van der Waals surface area contributed by atoms with Gasteiger partial charge in [-0.2, -0.15) is 0 Å². The number of ether oxygens (including phenoxy) is 2. The maximum Gasteiger partial charge on any atom is 0.315 e. The number of nitrogens with zero attached hydrogens (tertiary/aromatic N) is 1. The molecule has 6 heteroatoms. The average Bonchev–Trinajstić information content (AvgIpc) is 2.89. The van der Waals surface area contributed by atoms with Crippen LogP contribution < -0.4 is 10.6 Å². The molecular formula is C12H23N3O3. The number of carbonyl (C=O) groups is 1. The van der Waals surface area contributed by atoms with Gasteiger partial charge in [0.25, 0.3) is 0 Å². The predicted molar refractivity (Wildman–Crippen MR) is 67.6 cm³/mol. The first-order chi connectivity index (χ1) is 8.84. The van der Waals surface area contributed by atoms with Gasteiger partial charge in [0.15, 0.2) is 0 Å². The van der Waals surface area contributed by atoms with E-state index >= 15 is 0 Å². The normalized spacial score (nSPS) is 25.0. The number of hydrogen-bond acceptors (Lipinski definition) is 4. The molecule has 2 amide bonds. The molecular weight excluding hydrogens is 234 g/mol. The van der Waals surface area contributed by atoms with E-state index in [9.17, 15) is 4.79 Å². The maximum absolute atomic E-state index is 11.5. The molecule has 104 valence electrons. The Balaban J connectivity index is 1.47. The molecule has 0 aliphatic carbocycles. The maximum atomic E-state index is 11.5. The first-order valence-corrected chi connectivity index (χ1v) is 6.77. The number of nitrogens with one attached hydrogen (secondary N) is 2. The minimum atomic E-state index is -0.0764. The van der Waals surface area contributed by atoms with Crippen molar-refractivity contribution in [2.75, 3.05) is 52.6 Å². The van der Waals surface area contributed by atoms with E-state index in [1.165, 1.54) is 0 Å². The number of urea groups is 1. The molecule has 2 heterocycles. The lowest BCUT2D eigenvalue weighted by molar-refractivity contribution is 0.0375. The van der Waals surface area contributed by atoms with Crippen molar-refractivity contribution in [3.8, 4) is 0 Å². The van der Waals surface area contributed by atoms with Crippen LogP contribution in [-0.4, -0.2) is 69.6 Å². The molecule has 2 N–H and O–H groups in total. The third-order valence-electron chi connectivity index (χ3n) is 3.31. The highest BCUT2D eigenvalue weighted by molar-refractivity contribution is 5.74. The standard InChI is InChI=1S/C12H23N3O3/c16-12(14-11-2-7-18-10-11)13-3-1-4-15-5-8-17-9-6-15/h11H,1-10H2,(H2,13,14,16). The molecule has 2 aliphatic rings. The van der Waals surface area contributed by atoms with Crippen LogP contribution in [0, 0.1) is 0 Å². The fraction of sp³-hybridized carbons (Fsp3) is 0.917. The van der Waals surface area contributed by atoms with Gasteiger partial charge in [-0.15, -0.1) is 0 Å². The van der Waals surface area contributed by atoms with Crippen LogP contribution in [0.4, 0.5) is 4.79 Å². The van der Waals surface area contributed by atoms with Gasteiger partial charge in [-0.25, -0.2) is 4.79 Å². The Bertz CT molecular complexity index is 251. The summed E-state index contributed by atoms with van der Waals surface area (Å²) in [7, 11) is 0. The SMILES string of the molecule is O=C(NCCCN1CCOCC1)NC1CCOC1. The van der Waals surface area contributed by atoms with Gasteiger partial charge < -0.3 is 20.1 Å². The highest BCUT2D eigenvalue weighted by atomic mass is 16.5. The minimum absolute atomic E-state index is 0.0764. The van der Waals surface area contributed by atoms with Gasteiger partial charge in [0.1, 0.15) is 0 Å². The van der Waals surface area contributed by atoms with Gasteiger partial charge >= 0.3 is 6.03 Å². The van der Waals surface area contributed by atoms with Gasteiger partial charge in [-0.05, 0) is 19.4 Å². The monoisotopic (exact) mass is 257 g/mol. The molecule has 2 rings (SSSR count). The smallest absolute Gasteiger partial charge is 0.315 e. The minimum Gasteiger partial charge on any atom is -0.379 e. The van der Waals surface area contributed by atoms with E-state index < -0.39 is 0 Å². The van der Waals surface area contributed by atoms with Crippen molar-refractivity contribution in [1.82, 2.24) is 15.5 Å². The third-order valence-corrected chi connectivity index (χ3v) is 3.31. The topological polar surface area (TPSA) is 62.8 Å². The van der Waals surface area contributed by atoms with E-state index in [1.807, 2.05) is 0 Å². The number of hydrogen-bond donors (Lipinski definition) is 2. The molecule has 0 bridgehead atoms. The summed E-state index contributed by atoms with van der Waals surface area (Å²) in [4.78, 5) is 13.9. The summed E-state index contributed by atoms with van der Waals surface area (Å²) in [5.74, 6) is 0. The zero-order valence-electron chi connectivity index (χ0n) is 10.8. The first-order valence-electron chi connectivity index (χ1n) is 6.77. The van der Waals surface area contributed by atoms with Gasteiger partial charge in [0.05, 0.1) is 25.9 Å². The number of morpholine rings is 1. The molecule has 2 saturated heterocycles. The Hall–Kier alpha value is -0.850. The Kier molecular flexibility index (Phi) is 5.70. The largest absolute Gasteiger partial charge is 0.379 e. The molecule has 18 heavy (non-hydrogen) atoms. The molecule has 0 radical (unpaired) electrons. The van der Waals surface area contributed by atoms with Crippen LogP contribution in [0.1, 0.15) is 12.8 Å². The molecule has 0 aromatic heterocycles. The lowest BCUT2D eigenvalue weighted by atomic mass is 10.3. The van der Waals surface area contributed by atoms with Crippen molar-refractivity contribution in [3.05, 3.63) is 0 Å². The summed E-state index contributed by atoms with van der Waals surface area (Å²) < 4.78 is 10.5. The van der Waals surface area contributed by atoms with Gasteiger partial charge in [0, 0.05) is 26.2 Å². The molecule has 0 spiro atoms. The van der Waals surface area contributed by atoms with Crippen LogP contribution in [0.2, 0.25) is 0 Å². The lowest BCUT2D eigenvalue weighted by Gasteiger charge is -2.26. The van der Waals surface area contributed by atoms with Crippen molar-refractivity contribution in [1.29, 1.82) is 0 Å². The van der Waals surface area contributed by atoms with E-state index in [0.717, 1.165) is 58.8 Å². The van der Waals surface area contributed by atoms with Crippen molar-refractivity contribution < 1.29 is 14.3 Å². The summed E-state index contributed by atoms with van der Waals surface area (Å²) in [5, 5.41) is 5.79. The molecule has 6 nitrogen and oxygen atoms in total. The highest BCUT2D eigenvalue weighted by Crippen LogP contribution is 2.02. The summed E-state index contributed by atoms with van der Waals surface area (Å²) in [5.41, 5.74) is 0. The Labute approximate surface area is 108 Å². The van der Waals surface area contributed by atoms with Crippen LogP contribution in [0.15, 0.2) is 0 Å². The molecule has 1 unspecified atom stereocenters. The van der Waals surface area contributed by atoms with E-state index in [4.69, 9.17) is 9.47 Å². The molecule has 2 fully saturated rings. The van der Waals surface area contributed by atoms with Crippen LogP contribution in [-0.2, 0) is 9.47 Å². The van der Waals surface area contributed by atoms with E-state index in [0.29, 0.717) is 6.61 Å². The summed E-state index contributed by atoms with van der Waals surface area (Å²) in [6.45, 7) is 6.80. The second kappa shape index (κ2) is 7.56. The summed E-state index contributed by atoms with van der Waals surface area (Å²) >= 11 is 0.